The zero-order valence-corrected chi connectivity index (χ0v) is 14.4. The van der Waals surface area contributed by atoms with Crippen molar-refractivity contribution in [2.75, 3.05) is 6.26 Å². The Hall–Kier alpha value is -2.18. The van der Waals surface area contributed by atoms with Crippen LogP contribution >= 0.6 is 12.2 Å². The van der Waals surface area contributed by atoms with Crippen molar-refractivity contribution < 1.29 is 8.42 Å². The third-order valence-corrected chi connectivity index (χ3v) is 5.12. The quantitative estimate of drug-likeness (QED) is 0.703. The molecule has 3 aromatic rings. The molecule has 0 unspecified atom stereocenters. The van der Waals surface area contributed by atoms with Crippen LogP contribution in [-0.4, -0.2) is 24.9 Å². The zero-order chi connectivity index (χ0) is 16.6. The molecule has 1 heterocycles. The summed E-state index contributed by atoms with van der Waals surface area (Å²) in [7, 11) is -3.20. The van der Waals surface area contributed by atoms with Gasteiger partial charge >= 0.3 is 0 Å². The van der Waals surface area contributed by atoms with E-state index >= 15 is 0 Å². The first kappa shape index (κ1) is 15.7. The highest BCUT2D eigenvalue weighted by Crippen LogP contribution is 2.32. The Kier molecular flexibility index (Phi) is 3.95. The summed E-state index contributed by atoms with van der Waals surface area (Å²) in [6.45, 7) is 2.03. The van der Waals surface area contributed by atoms with Gasteiger partial charge in [-0.15, -0.1) is 0 Å². The molecule has 0 bridgehead atoms. The molecule has 4 nitrogen and oxygen atoms in total. The second kappa shape index (κ2) is 5.79. The number of rotatable bonds is 3. The second-order valence-corrected chi connectivity index (χ2v) is 7.92. The monoisotopic (exact) mass is 344 g/mol. The van der Waals surface area contributed by atoms with Crippen molar-refractivity contribution in [2.24, 2.45) is 0 Å². The fraction of sp³-hybridized carbons (Fsp3) is 0.118. The number of H-pyrrole nitrogens is 2. The number of hydrogen-bond donors (Lipinski definition) is 2. The highest BCUT2D eigenvalue weighted by Gasteiger charge is 2.13. The standard InChI is InChI=1S/C17H16N2O2S2/c1-11-3-5-12(6-4-11)15-16(18-19-17(15)22)13-7-9-14(10-8-13)23(2,20)21/h3-10H,1-2H3,(H2,18,19,22). The first-order chi connectivity index (χ1) is 10.9. The Morgan fingerprint density at radius 2 is 1.43 bits per heavy atom. The van der Waals surface area contributed by atoms with Crippen molar-refractivity contribution in [3.8, 4) is 22.4 Å². The van der Waals surface area contributed by atoms with E-state index in [-0.39, 0.29) is 0 Å². The molecule has 0 aliphatic heterocycles. The molecule has 0 spiro atoms. The molecule has 0 saturated heterocycles. The summed E-state index contributed by atoms with van der Waals surface area (Å²) < 4.78 is 23.8. The molecule has 1 aromatic heterocycles. The molecule has 0 radical (unpaired) electrons. The normalized spacial score (nSPS) is 11.6. The maximum Gasteiger partial charge on any atom is 0.175 e. The van der Waals surface area contributed by atoms with Gasteiger partial charge < -0.3 is 0 Å². The maximum atomic E-state index is 11.6. The highest BCUT2D eigenvalue weighted by atomic mass is 32.2. The van der Waals surface area contributed by atoms with Gasteiger partial charge in [-0.2, -0.15) is 0 Å². The number of aromatic amines is 2. The van der Waals surface area contributed by atoms with Gasteiger partial charge in [0.05, 0.1) is 10.6 Å². The van der Waals surface area contributed by atoms with Crippen molar-refractivity contribution in [2.45, 2.75) is 11.8 Å². The molecule has 0 aliphatic rings. The average molecular weight is 344 g/mol. The van der Waals surface area contributed by atoms with Crippen molar-refractivity contribution in [1.82, 2.24) is 10.2 Å². The van der Waals surface area contributed by atoms with Crippen molar-refractivity contribution >= 4 is 22.1 Å². The van der Waals surface area contributed by atoms with Crippen molar-refractivity contribution in [3.05, 3.63) is 58.7 Å². The molecule has 0 fully saturated rings. The lowest BCUT2D eigenvalue weighted by molar-refractivity contribution is 0.602. The van der Waals surface area contributed by atoms with Crippen LogP contribution in [0, 0.1) is 11.6 Å². The smallest absolute Gasteiger partial charge is 0.175 e. The predicted molar refractivity (Wildman–Crippen MR) is 94.7 cm³/mol. The fourth-order valence-corrected chi connectivity index (χ4v) is 3.34. The van der Waals surface area contributed by atoms with E-state index in [2.05, 4.69) is 10.2 Å². The van der Waals surface area contributed by atoms with Gasteiger partial charge in [0.25, 0.3) is 0 Å². The number of aryl methyl sites for hydroxylation is 1. The molecule has 3 rings (SSSR count). The van der Waals surface area contributed by atoms with Crippen LogP contribution in [-0.2, 0) is 9.84 Å². The van der Waals surface area contributed by atoms with Gasteiger partial charge in [-0.05, 0) is 24.6 Å². The van der Waals surface area contributed by atoms with Gasteiger partial charge in [-0.25, -0.2) is 8.42 Å². The van der Waals surface area contributed by atoms with Gasteiger partial charge in [0.1, 0.15) is 4.64 Å². The second-order valence-electron chi connectivity index (χ2n) is 5.49. The predicted octanol–water partition coefficient (Wildman–Crippen LogP) is 4.12. The minimum absolute atomic E-state index is 0.298. The van der Waals surface area contributed by atoms with E-state index in [0.29, 0.717) is 9.54 Å². The average Bonchev–Trinajstić information content (AvgIpc) is 2.89. The molecule has 23 heavy (non-hydrogen) atoms. The SMILES string of the molecule is Cc1ccc(-c2c(-c3ccc(S(C)(=O)=O)cc3)[nH][nH]c2=S)cc1. The molecule has 0 atom stereocenters. The topological polar surface area (TPSA) is 65.7 Å². The summed E-state index contributed by atoms with van der Waals surface area (Å²) in [6.07, 6.45) is 1.20. The first-order valence-corrected chi connectivity index (χ1v) is 9.34. The summed E-state index contributed by atoms with van der Waals surface area (Å²) in [4.78, 5) is 0.298. The number of nitrogens with one attached hydrogen (secondary N) is 2. The third-order valence-electron chi connectivity index (χ3n) is 3.69. The number of hydrogen-bond acceptors (Lipinski definition) is 3. The Bertz CT molecular complexity index is 996. The van der Waals surface area contributed by atoms with Gasteiger partial charge in [0.2, 0.25) is 0 Å². The van der Waals surface area contributed by atoms with Crippen LogP contribution in [0.25, 0.3) is 22.4 Å². The van der Waals surface area contributed by atoms with Crippen LogP contribution in [0.2, 0.25) is 0 Å². The minimum atomic E-state index is -3.20. The number of benzene rings is 2. The van der Waals surface area contributed by atoms with Gasteiger partial charge in [-0.3, -0.25) is 10.2 Å². The summed E-state index contributed by atoms with van der Waals surface area (Å²) in [5, 5.41) is 6.05. The van der Waals surface area contributed by atoms with E-state index in [0.717, 1.165) is 22.4 Å². The summed E-state index contributed by atoms with van der Waals surface area (Å²) in [5.74, 6) is 0. The van der Waals surface area contributed by atoms with Gasteiger partial charge in [-0.1, -0.05) is 54.2 Å². The molecular weight excluding hydrogens is 328 g/mol. The van der Waals surface area contributed by atoms with Crippen molar-refractivity contribution in [1.29, 1.82) is 0 Å². The molecule has 118 valence electrons. The lowest BCUT2D eigenvalue weighted by atomic mass is 10.0. The van der Waals surface area contributed by atoms with Crippen LogP contribution in [0.4, 0.5) is 0 Å². The van der Waals surface area contributed by atoms with E-state index < -0.39 is 9.84 Å². The van der Waals surface area contributed by atoms with E-state index in [1.165, 1.54) is 11.8 Å². The van der Waals surface area contributed by atoms with Gasteiger partial charge in [0, 0.05) is 17.4 Å². The Labute approximate surface area is 140 Å². The van der Waals surface area contributed by atoms with Crippen LogP contribution in [0.15, 0.2) is 53.4 Å². The molecular formula is C17H16N2O2S2. The molecule has 0 aliphatic carbocycles. The number of sulfone groups is 1. The Morgan fingerprint density at radius 1 is 0.870 bits per heavy atom. The minimum Gasteiger partial charge on any atom is -0.299 e. The van der Waals surface area contributed by atoms with Crippen LogP contribution in [0.1, 0.15) is 5.56 Å². The molecule has 2 N–H and O–H groups in total. The zero-order valence-electron chi connectivity index (χ0n) is 12.8. The summed E-state index contributed by atoms with van der Waals surface area (Å²) >= 11 is 5.39. The van der Waals surface area contributed by atoms with Crippen LogP contribution in [0.5, 0.6) is 0 Å². The molecule has 0 saturated carbocycles. The third kappa shape index (κ3) is 3.13. The molecule has 0 amide bonds. The lowest BCUT2D eigenvalue weighted by Gasteiger charge is -2.05. The van der Waals surface area contributed by atoms with E-state index in [4.69, 9.17) is 12.2 Å². The van der Waals surface area contributed by atoms with E-state index in [9.17, 15) is 8.42 Å². The van der Waals surface area contributed by atoms with E-state index in [1.54, 1.807) is 24.3 Å². The van der Waals surface area contributed by atoms with E-state index in [1.807, 2.05) is 31.2 Å². The van der Waals surface area contributed by atoms with Gasteiger partial charge in [0.15, 0.2) is 9.84 Å². The van der Waals surface area contributed by atoms with Crippen LogP contribution < -0.4 is 0 Å². The van der Waals surface area contributed by atoms with Crippen molar-refractivity contribution in [3.63, 3.8) is 0 Å². The Morgan fingerprint density at radius 3 is 2.00 bits per heavy atom. The molecule has 2 aromatic carbocycles. The lowest BCUT2D eigenvalue weighted by Crippen LogP contribution is -1.96. The summed E-state index contributed by atoms with van der Waals surface area (Å²) in [5.41, 5.74) is 4.82. The Balaban J connectivity index is 2.12. The number of aromatic nitrogens is 2. The first-order valence-electron chi connectivity index (χ1n) is 7.04. The largest absolute Gasteiger partial charge is 0.299 e. The highest BCUT2D eigenvalue weighted by molar-refractivity contribution is 7.90. The summed E-state index contributed by atoms with van der Waals surface area (Å²) in [6, 6.07) is 14.9. The van der Waals surface area contributed by atoms with Crippen LogP contribution in [0.3, 0.4) is 0 Å². The maximum absolute atomic E-state index is 11.6. The molecule has 6 heteroatoms. The fourth-order valence-electron chi connectivity index (χ4n) is 2.44.